The van der Waals surface area contributed by atoms with Crippen LogP contribution in [0.3, 0.4) is 0 Å². The summed E-state index contributed by atoms with van der Waals surface area (Å²) in [6.07, 6.45) is 3.37. The topological polar surface area (TPSA) is 0 Å². The Labute approximate surface area is 138 Å². The van der Waals surface area contributed by atoms with Crippen molar-refractivity contribution in [3.63, 3.8) is 0 Å². The van der Waals surface area contributed by atoms with E-state index in [-0.39, 0.29) is 0 Å². The summed E-state index contributed by atoms with van der Waals surface area (Å²) in [6.45, 7) is 0. The molecule has 90 valence electrons. The molecule has 1 aliphatic rings. The van der Waals surface area contributed by atoms with Crippen LogP contribution in [0.5, 0.6) is 0 Å². The predicted octanol–water partition coefficient (Wildman–Crippen LogP) is 5.55. The zero-order valence-corrected chi connectivity index (χ0v) is 15.6. The fourth-order valence-electron chi connectivity index (χ4n) is 2.12. The van der Waals surface area contributed by atoms with Crippen molar-refractivity contribution in [1.82, 2.24) is 0 Å². The zero-order chi connectivity index (χ0) is 12.8. The summed E-state index contributed by atoms with van der Waals surface area (Å²) in [4.78, 5) is 0. The zero-order valence-electron chi connectivity index (χ0n) is 9.74. The van der Waals surface area contributed by atoms with Crippen molar-refractivity contribution in [2.24, 2.45) is 0 Å². The van der Waals surface area contributed by atoms with E-state index in [2.05, 4.69) is 99.1 Å². The Morgan fingerprint density at radius 2 is 1.44 bits per heavy atom. The second-order valence-corrected chi connectivity index (χ2v) is 17.2. The molecule has 0 aliphatic heterocycles. The van der Waals surface area contributed by atoms with E-state index in [1.54, 1.807) is 0 Å². The first-order chi connectivity index (χ1) is 8.85. The van der Waals surface area contributed by atoms with Gasteiger partial charge in [-0.25, -0.2) is 0 Å². The van der Waals surface area contributed by atoms with Gasteiger partial charge in [0.1, 0.15) is 0 Å². The van der Waals surface area contributed by atoms with E-state index < -0.39 is 0 Å². The van der Waals surface area contributed by atoms with Crippen molar-refractivity contribution in [3.8, 4) is 0 Å². The number of halogens is 2. The van der Waals surface area contributed by atoms with E-state index in [1.807, 2.05) is 0 Å². The summed E-state index contributed by atoms with van der Waals surface area (Å²) >= 11 is 5.24. The molecule has 0 N–H and O–H groups in total. The normalized spacial score (nSPS) is 12.0. The van der Waals surface area contributed by atoms with Crippen molar-refractivity contribution in [3.05, 3.63) is 71.3 Å². The molecular formula is C15H12I2Ti. The number of benzene rings is 2. The standard InChI is InChI=1S/C15H12.2HI.Ti/c1-2-6-12(7-3-1)15-10-13-8-4-5-9-14(13)11-15;;;/h1-10H,11H2;2*1H;/q;;;+2/p-2. The van der Waals surface area contributed by atoms with Gasteiger partial charge < -0.3 is 0 Å². The van der Waals surface area contributed by atoms with Crippen LogP contribution in [0.15, 0.2) is 54.6 Å². The van der Waals surface area contributed by atoms with Gasteiger partial charge in [-0.2, -0.15) is 0 Å². The molecule has 0 radical (unpaired) electrons. The van der Waals surface area contributed by atoms with E-state index in [0.29, 0.717) is 11.7 Å². The molecule has 0 atom stereocenters. The molecule has 3 heteroatoms. The molecule has 18 heavy (non-hydrogen) atoms. The van der Waals surface area contributed by atoms with Crippen LogP contribution in [0.25, 0.3) is 11.6 Å². The van der Waals surface area contributed by atoms with Crippen molar-refractivity contribution < 1.29 is 11.7 Å². The molecule has 0 heterocycles. The third-order valence-electron chi connectivity index (χ3n) is 2.91. The van der Waals surface area contributed by atoms with Gasteiger partial charge in [-0.15, -0.1) is 0 Å². The van der Waals surface area contributed by atoms with E-state index in [4.69, 9.17) is 0 Å². The first-order valence-electron chi connectivity index (χ1n) is 5.65. The molecular weight excluding hydrogens is 482 g/mol. The molecule has 0 saturated heterocycles. The van der Waals surface area contributed by atoms with E-state index in [9.17, 15) is 0 Å². The minimum atomic E-state index is 0.440. The van der Waals surface area contributed by atoms with Crippen molar-refractivity contribution in [2.45, 2.75) is 6.42 Å². The molecule has 0 fully saturated rings. The quantitative estimate of drug-likeness (QED) is 0.361. The molecule has 2 aromatic rings. The second-order valence-electron chi connectivity index (χ2n) is 3.98. The monoisotopic (exact) mass is 494 g/mol. The van der Waals surface area contributed by atoms with E-state index >= 15 is 0 Å². The molecule has 2 aromatic carbocycles. The third-order valence-corrected chi connectivity index (χ3v) is 2.91. The number of fused-ring (bicyclic) bond motifs is 1. The second kappa shape index (κ2) is 7.83. The number of hydrogen-bond donors (Lipinski definition) is 0. The molecule has 0 amide bonds. The molecule has 1 aliphatic carbocycles. The molecule has 0 unspecified atom stereocenters. The van der Waals surface area contributed by atoms with Crippen molar-refractivity contribution in [2.75, 3.05) is 0 Å². The fourth-order valence-corrected chi connectivity index (χ4v) is 2.12. The van der Waals surface area contributed by atoms with Crippen LogP contribution in [-0.2, 0) is 18.1 Å². The molecule has 0 nitrogen and oxygen atoms in total. The maximum absolute atomic E-state index is 2.40. The summed E-state index contributed by atoms with van der Waals surface area (Å²) < 4.78 is 0. The number of rotatable bonds is 1. The van der Waals surface area contributed by atoms with Gasteiger partial charge in [-0.3, -0.25) is 0 Å². The Kier molecular flexibility index (Phi) is 6.42. The summed E-state index contributed by atoms with van der Waals surface area (Å²) in [5.74, 6) is 0. The van der Waals surface area contributed by atoms with Gasteiger partial charge in [0.2, 0.25) is 0 Å². The van der Waals surface area contributed by atoms with Gasteiger partial charge in [0.15, 0.2) is 0 Å². The molecule has 0 aromatic heterocycles. The molecule has 3 rings (SSSR count). The SMILES string of the molecule is C1=C(c2ccccc2)Cc2ccccc21.[I][Ti][I]. The van der Waals surface area contributed by atoms with Gasteiger partial charge in [-0.05, 0) is 28.7 Å². The Morgan fingerprint density at radius 3 is 2.11 bits per heavy atom. The van der Waals surface area contributed by atoms with Gasteiger partial charge in [0.05, 0.1) is 0 Å². The van der Waals surface area contributed by atoms with Crippen molar-refractivity contribution in [1.29, 1.82) is 0 Å². The average Bonchev–Trinajstić information content (AvgIpc) is 2.84. The van der Waals surface area contributed by atoms with Crippen LogP contribution in [0, 0.1) is 0 Å². The number of allylic oxidation sites excluding steroid dienone is 1. The van der Waals surface area contributed by atoms with Gasteiger partial charge in [-0.1, -0.05) is 60.7 Å². The average molecular weight is 494 g/mol. The summed E-state index contributed by atoms with van der Waals surface area (Å²) in [5.41, 5.74) is 5.58. The first kappa shape index (κ1) is 14.8. The summed E-state index contributed by atoms with van der Waals surface area (Å²) in [5, 5.41) is 0. The summed E-state index contributed by atoms with van der Waals surface area (Å²) in [7, 11) is 0. The Hall–Kier alpha value is 0.354. The van der Waals surface area contributed by atoms with Crippen molar-refractivity contribution >= 4 is 50.0 Å². The van der Waals surface area contributed by atoms with Crippen LogP contribution < -0.4 is 0 Å². The van der Waals surface area contributed by atoms with Gasteiger partial charge >= 0.3 is 50.0 Å². The fraction of sp³-hybridized carbons (Fsp3) is 0.0667. The Bertz CT molecular complexity index is 535. The Balaban J connectivity index is 0.000000367. The van der Waals surface area contributed by atoms with Crippen LogP contribution in [0.2, 0.25) is 0 Å². The first-order valence-corrected chi connectivity index (χ1v) is 15.7. The third kappa shape index (κ3) is 3.92. The Morgan fingerprint density at radius 1 is 0.833 bits per heavy atom. The van der Waals surface area contributed by atoms with Gasteiger partial charge in [0, 0.05) is 0 Å². The predicted molar refractivity (Wildman–Crippen MR) is 92.5 cm³/mol. The molecule has 0 spiro atoms. The summed E-state index contributed by atoms with van der Waals surface area (Å²) in [6, 6.07) is 19.2. The van der Waals surface area contributed by atoms with Crippen LogP contribution >= 0.6 is 38.4 Å². The maximum atomic E-state index is 2.40. The van der Waals surface area contributed by atoms with Crippen LogP contribution in [0.1, 0.15) is 16.7 Å². The van der Waals surface area contributed by atoms with E-state index in [1.165, 1.54) is 22.3 Å². The van der Waals surface area contributed by atoms with Crippen LogP contribution in [0.4, 0.5) is 0 Å². The molecule has 0 bridgehead atoms. The number of hydrogen-bond acceptors (Lipinski definition) is 0. The van der Waals surface area contributed by atoms with Crippen LogP contribution in [-0.4, -0.2) is 0 Å². The van der Waals surface area contributed by atoms with E-state index in [0.717, 1.165) is 6.42 Å². The molecule has 0 saturated carbocycles. The minimum absolute atomic E-state index is 0.440. The van der Waals surface area contributed by atoms with Gasteiger partial charge in [0.25, 0.3) is 0 Å².